The Kier molecular flexibility index (Phi) is 6.27. The fourth-order valence-electron chi connectivity index (χ4n) is 4.65. The number of hydrogen-bond acceptors (Lipinski definition) is 5. The molecule has 11 heteroatoms. The lowest BCUT2D eigenvalue weighted by Gasteiger charge is -2.31. The Hall–Kier alpha value is -3.34. The molecule has 1 aromatic carbocycles. The summed E-state index contributed by atoms with van der Waals surface area (Å²) in [5.41, 5.74) is 2.22. The van der Waals surface area contributed by atoms with Crippen LogP contribution in [-0.4, -0.2) is 71.2 Å². The quantitative estimate of drug-likeness (QED) is 0.574. The van der Waals surface area contributed by atoms with Gasteiger partial charge in [-0.15, -0.1) is 0 Å². The van der Waals surface area contributed by atoms with Gasteiger partial charge in [0.05, 0.1) is 17.1 Å². The van der Waals surface area contributed by atoms with E-state index in [9.17, 15) is 26.8 Å². The maximum Gasteiger partial charge on any atom is 0.255 e. The van der Waals surface area contributed by atoms with E-state index in [0.717, 1.165) is 11.1 Å². The Morgan fingerprint density at radius 3 is 2.33 bits per heavy atom. The van der Waals surface area contributed by atoms with E-state index >= 15 is 0 Å². The van der Waals surface area contributed by atoms with E-state index in [1.165, 1.54) is 11.1 Å². The number of alkyl halides is 2. The Morgan fingerprint density at radius 2 is 1.67 bits per heavy atom. The molecule has 1 N–H and O–H groups in total. The van der Waals surface area contributed by atoms with Crippen molar-refractivity contribution in [1.29, 1.82) is 0 Å². The first-order valence-electron chi connectivity index (χ1n) is 11.9. The molecular formula is C25H26F2N4O4S. The van der Waals surface area contributed by atoms with Gasteiger partial charge in [-0.25, -0.2) is 22.2 Å². The van der Waals surface area contributed by atoms with E-state index in [-0.39, 0.29) is 55.3 Å². The standard InChI is InChI=1S/C25H26F2N4O4S/c26-25(27)8-11-30(12-9-25)24(33)19-15-18-5-10-31(22(18)28-16-19)21-3-1-17(2-4-21)23(32)29-20-6-13-36(34,35)14-7-20/h1-5,10,15-16,20H,6-9,11-14H2,(H,29,32). The predicted molar refractivity (Wildman–Crippen MR) is 130 cm³/mol. The summed E-state index contributed by atoms with van der Waals surface area (Å²) in [7, 11) is -2.99. The molecule has 190 valence electrons. The molecular weight excluding hydrogens is 490 g/mol. The molecule has 2 aliphatic rings. The van der Waals surface area contributed by atoms with E-state index < -0.39 is 15.8 Å². The summed E-state index contributed by atoms with van der Waals surface area (Å²) in [6.45, 7) is 0.0370. The molecule has 0 saturated carbocycles. The van der Waals surface area contributed by atoms with Crippen LogP contribution in [0, 0.1) is 0 Å². The third-order valence-corrected chi connectivity index (χ3v) is 8.57. The van der Waals surface area contributed by atoms with Crippen LogP contribution in [-0.2, 0) is 9.84 Å². The number of nitrogens with one attached hydrogen (secondary N) is 1. The molecule has 0 atom stereocenters. The summed E-state index contributed by atoms with van der Waals surface area (Å²) >= 11 is 0. The number of amides is 2. The number of aromatic nitrogens is 2. The molecule has 2 aromatic heterocycles. The molecule has 0 bridgehead atoms. The summed E-state index contributed by atoms with van der Waals surface area (Å²) in [5, 5.41) is 3.64. The van der Waals surface area contributed by atoms with E-state index in [1.54, 1.807) is 30.3 Å². The van der Waals surface area contributed by atoms with Crippen LogP contribution < -0.4 is 5.32 Å². The van der Waals surface area contributed by atoms with Gasteiger partial charge in [0.1, 0.15) is 15.5 Å². The number of rotatable bonds is 4. The molecule has 3 aromatic rings. The van der Waals surface area contributed by atoms with Gasteiger partial charge in [-0.1, -0.05) is 0 Å². The normalized spacial score (nSPS) is 19.8. The third kappa shape index (κ3) is 5.11. The number of pyridine rings is 1. The number of carbonyl (C=O) groups excluding carboxylic acids is 2. The van der Waals surface area contributed by atoms with Crippen molar-refractivity contribution in [2.75, 3.05) is 24.6 Å². The lowest BCUT2D eigenvalue weighted by molar-refractivity contribution is -0.0494. The van der Waals surface area contributed by atoms with Crippen molar-refractivity contribution in [2.45, 2.75) is 37.6 Å². The first-order valence-corrected chi connectivity index (χ1v) is 13.7. The third-order valence-electron chi connectivity index (χ3n) is 6.85. The maximum atomic E-state index is 13.4. The molecule has 5 rings (SSSR count). The molecule has 0 spiro atoms. The largest absolute Gasteiger partial charge is 0.349 e. The number of benzene rings is 1. The second kappa shape index (κ2) is 9.27. The molecule has 2 fully saturated rings. The molecule has 0 radical (unpaired) electrons. The van der Waals surface area contributed by atoms with Gasteiger partial charge < -0.3 is 14.8 Å². The van der Waals surface area contributed by atoms with Crippen molar-refractivity contribution in [2.24, 2.45) is 0 Å². The minimum Gasteiger partial charge on any atom is -0.349 e. The first-order chi connectivity index (χ1) is 17.1. The van der Waals surface area contributed by atoms with Gasteiger partial charge in [0, 0.05) is 61.0 Å². The highest BCUT2D eigenvalue weighted by molar-refractivity contribution is 7.91. The molecule has 4 heterocycles. The smallest absolute Gasteiger partial charge is 0.255 e. The van der Waals surface area contributed by atoms with Crippen molar-refractivity contribution in [3.05, 3.63) is 59.9 Å². The monoisotopic (exact) mass is 516 g/mol. The first kappa shape index (κ1) is 24.4. The van der Waals surface area contributed by atoms with Crippen LogP contribution in [0.25, 0.3) is 16.7 Å². The van der Waals surface area contributed by atoms with Crippen LogP contribution in [0.15, 0.2) is 48.8 Å². The molecule has 2 saturated heterocycles. The fraction of sp³-hybridized carbons (Fsp3) is 0.400. The lowest BCUT2D eigenvalue weighted by Crippen LogP contribution is -2.42. The van der Waals surface area contributed by atoms with Crippen LogP contribution in [0.4, 0.5) is 8.78 Å². The summed E-state index contributed by atoms with van der Waals surface area (Å²) < 4.78 is 51.8. The number of hydrogen-bond donors (Lipinski definition) is 1. The van der Waals surface area contributed by atoms with Gasteiger partial charge in [0.25, 0.3) is 17.7 Å². The molecule has 0 unspecified atom stereocenters. The van der Waals surface area contributed by atoms with E-state index in [4.69, 9.17) is 0 Å². The van der Waals surface area contributed by atoms with Crippen molar-refractivity contribution in [3.63, 3.8) is 0 Å². The number of sulfone groups is 1. The number of likely N-dealkylation sites (tertiary alicyclic amines) is 1. The minimum atomic E-state index is -2.99. The van der Waals surface area contributed by atoms with Crippen LogP contribution in [0.5, 0.6) is 0 Å². The van der Waals surface area contributed by atoms with Gasteiger partial charge in [0.15, 0.2) is 0 Å². The number of piperidine rings is 1. The van der Waals surface area contributed by atoms with Crippen LogP contribution in [0.2, 0.25) is 0 Å². The highest BCUT2D eigenvalue weighted by Gasteiger charge is 2.36. The second-order valence-electron chi connectivity index (χ2n) is 9.42. The van der Waals surface area contributed by atoms with Gasteiger partial charge in [-0.3, -0.25) is 9.59 Å². The number of nitrogens with zero attached hydrogens (tertiary/aromatic N) is 3. The number of halogens is 2. The maximum absolute atomic E-state index is 13.4. The molecule has 0 aliphatic carbocycles. The van der Waals surface area contributed by atoms with Crippen molar-refractivity contribution < 1.29 is 26.8 Å². The van der Waals surface area contributed by atoms with Crippen molar-refractivity contribution >= 4 is 32.7 Å². The molecule has 36 heavy (non-hydrogen) atoms. The molecule has 2 amide bonds. The highest BCUT2D eigenvalue weighted by Crippen LogP contribution is 2.29. The number of carbonyl (C=O) groups is 2. The fourth-order valence-corrected chi connectivity index (χ4v) is 6.14. The highest BCUT2D eigenvalue weighted by atomic mass is 32.2. The van der Waals surface area contributed by atoms with E-state index in [1.807, 2.05) is 16.8 Å². The SMILES string of the molecule is O=C(NC1CCS(=O)(=O)CC1)c1ccc(-n2ccc3cc(C(=O)N4CCC(F)(F)CC4)cnc32)cc1. The lowest BCUT2D eigenvalue weighted by atomic mass is 10.1. The number of fused-ring (bicyclic) bond motifs is 1. The average Bonchev–Trinajstić information content (AvgIpc) is 3.28. The summed E-state index contributed by atoms with van der Waals surface area (Å²) in [4.78, 5) is 31.3. The predicted octanol–water partition coefficient (Wildman–Crippen LogP) is 3.20. The zero-order chi connectivity index (χ0) is 25.5. The Balaban J connectivity index is 1.27. The van der Waals surface area contributed by atoms with Crippen LogP contribution in [0.1, 0.15) is 46.4 Å². The zero-order valence-corrected chi connectivity index (χ0v) is 20.3. The van der Waals surface area contributed by atoms with Gasteiger partial charge in [0.2, 0.25) is 0 Å². The minimum absolute atomic E-state index is 0.0185. The summed E-state index contributed by atoms with van der Waals surface area (Å²) in [5.74, 6) is -3.10. The van der Waals surface area contributed by atoms with Gasteiger partial charge in [-0.05, 0) is 49.2 Å². The Labute approximate surface area is 207 Å². The molecule has 8 nitrogen and oxygen atoms in total. The molecule has 2 aliphatic heterocycles. The Morgan fingerprint density at radius 1 is 1.00 bits per heavy atom. The van der Waals surface area contributed by atoms with E-state index in [2.05, 4.69) is 10.3 Å². The van der Waals surface area contributed by atoms with Crippen molar-refractivity contribution in [1.82, 2.24) is 19.8 Å². The van der Waals surface area contributed by atoms with Gasteiger partial charge >= 0.3 is 0 Å². The van der Waals surface area contributed by atoms with Crippen LogP contribution >= 0.6 is 0 Å². The van der Waals surface area contributed by atoms with Gasteiger partial charge in [-0.2, -0.15) is 0 Å². The van der Waals surface area contributed by atoms with E-state index in [0.29, 0.717) is 29.6 Å². The zero-order valence-electron chi connectivity index (χ0n) is 19.5. The van der Waals surface area contributed by atoms with Crippen LogP contribution in [0.3, 0.4) is 0 Å². The second-order valence-corrected chi connectivity index (χ2v) is 11.7. The summed E-state index contributed by atoms with van der Waals surface area (Å²) in [6.07, 6.45) is 3.44. The average molecular weight is 517 g/mol. The Bertz CT molecular complexity index is 1400. The topological polar surface area (TPSA) is 101 Å². The van der Waals surface area contributed by atoms with Crippen molar-refractivity contribution in [3.8, 4) is 5.69 Å². The summed E-state index contributed by atoms with van der Waals surface area (Å²) in [6, 6.07) is 10.3.